The number of hydrogen-bond donors (Lipinski definition) is 2. The number of nitrogens with zero attached hydrogens (tertiary/aromatic N) is 1. The van der Waals surface area contributed by atoms with E-state index in [1.165, 1.54) is 6.07 Å². The summed E-state index contributed by atoms with van der Waals surface area (Å²) in [6.45, 7) is -0.646. The van der Waals surface area contributed by atoms with Crippen LogP contribution in [0.15, 0.2) is 53.5 Å². The van der Waals surface area contributed by atoms with E-state index in [0.717, 1.165) is 17.7 Å². The first-order valence-corrected chi connectivity index (χ1v) is 8.31. The highest BCUT2D eigenvalue weighted by Gasteiger charge is 2.28. The Morgan fingerprint density at radius 3 is 2.43 bits per heavy atom. The predicted molar refractivity (Wildman–Crippen MR) is 113 cm³/mol. The average Bonchev–Trinajstić information content (AvgIpc) is 2.65. The fourth-order valence-corrected chi connectivity index (χ4v) is 2.29. The van der Waals surface area contributed by atoms with Crippen molar-refractivity contribution in [2.75, 3.05) is 20.3 Å². The van der Waals surface area contributed by atoms with E-state index in [2.05, 4.69) is 10.3 Å². The molecule has 0 unspecified atom stereocenters. The van der Waals surface area contributed by atoms with E-state index in [1.54, 1.807) is 25.3 Å². The second-order valence-electron chi connectivity index (χ2n) is 5.74. The van der Waals surface area contributed by atoms with Crippen molar-refractivity contribution < 1.29 is 22.6 Å². The summed E-state index contributed by atoms with van der Waals surface area (Å²) in [6.07, 6.45) is -3.65. The lowest BCUT2D eigenvalue weighted by Gasteiger charge is -2.12. The molecular formula is C19H23F3IN3O2. The smallest absolute Gasteiger partial charge is 0.422 e. The number of methoxy groups -OCH3 is 1. The summed E-state index contributed by atoms with van der Waals surface area (Å²) in [4.78, 5) is 4.16. The second kappa shape index (κ2) is 11.6. The maximum Gasteiger partial charge on any atom is 0.422 e. The number of nitrogens with two attached hydrogens (primary N) is 1. The molecule has 0 saturated carbocycles. The first-order valence-electron chi connectivity index (χ1n) is 8.31. The molecule has 0 aromatic heterocycles. The number of hydrogen-bond acceptors (Lipinski definition) is 3. The zero-order valence-electron chi connectivity index (χ0n) is 15.3. The minimum absolute atomic E-state index is 0. The molecule has 0 aliphatic rings. The Morgan fingerprint density at radius 1 is 1.11 bits per heavy atom. The summed E-state index contributed by atoms with van der Waals surface area (Å²) in [7, 11) is 1.61. The minimum Gasteiger partial charge on any atom is -0.497 e. The van der Waals surface area contributed by atoms with E-state index in [-0.39, 0.29) is 42.2 Å². The number of para-hydroxylation sites is 1. The van der Waals surface area contributed by atoms with E-state index >= 15 is 0 Å². The monoisotopic (exact) mass is 509 g/mol. The molecule has 2 aromatic carbocycles. The largest absolute Gasteiger partial charge is 0.497 e. The summed E-state index contributed by atoms with van der Waals surface area (Å²) >= 11 is 0. The number of aliphatic imine (C=N–C) groups is 1. The van der Waals surface area contributed by atoms with Gasteiger partial charge in [-0.1, -0.05) is 30.3 Å². The van der Waals surface area contributed by atoms with Crippen LogP contribution in [-0.2, 0) is 13.0 Å². The van der Waals surface area contributed by atoms with Crippen LogP contribution >= 0.6 is 24.0 Å². The van der Waals surface area contributed by atoms with E-state index < -0.39 is 12.8 Å². The molecule has 0 radical (unpaired) electrons. The summed E-state index contributed by atoms with van der Waals surface area (Å²) in [5.74, 6) is 1.15. The Labute approximate surface area is 179 Å². The molecule has 0 fully saturated rings. The SMILES string of the molecule is COc1ccc(CCNC(N)=NCc2ccccc2OCC(F)(F)F)cc1.I. The molecule has 28 heavy (non-hydrogen) atoms. The fourth-order valence-electron chi connectivity index (χ4n) is 2.29. The van der Waals surface area contributed by atoms with Crippen LogP contribution in [0.2, 0.25) is 0 Å². The first kappa shape index (κ1) is 23.9. The standard InChI is InChI=1S/C19H22F3N3O2.HI/c1-26-16-8-6-14(7-9-16)10-11-24-18(23)25-12-15-4-2-3-5-17(15)27-13-19(20,21)22;/h2-9H,10-13H2,1H3,(H3,23,24,25);1H. The van der Waals surface area contributed by atoms with Gasteiger partial charge in [0, 0.05) is 12.1 Å². The molecular weight excluding hydrogens is 486 g/mol. The number of halogens is 4. The van der Waals surface area contributed by atoms with Gasteiger partial charge in [-0.3, -0.25) is 0 Å². The second-order valence-corrected chi connectivity index (χ2v) is 5.74. The molecule has 0 spiro atoms. The van der Waals surface area contributed by atoms with Gasteiger partial charge in [0.15, 0.2) is 12.6 Å². The molecule has 0 atom stereocenters. The Bertz CT molecular complexity index is 753. The van der Waals surface area contributed by atoms with Gasteiger partial charge in [-0.2, -0.15) is 13.2 Å². The van der Waals surface area contributed by atoms with Crippen molar-refractivity contribution in [1.82, 2.24) is 5.32 Å². The van der Waals surface area contributed by atoms with Crippen molar-refractivity contribution in [3.8, 4) is 11.5 Å². The Hall–Kier alpha value is -2.17. The van der Waals surface area contributed by atoms with Crippen LogP contribution in [0.25, 0.3) is 0 Å². The molecule has 2 rings (SSSR count). The van der Waals surface area contributed by atoms with Crippen LogP contribution in [0, 0.1) is 0 Å². The molecule has 0 bridgehead atoms. The molecule has 0 aliphatic heterocycles. The molecule has 0 saturated heterocycles. The van der Waals surface area contributed by atoms with Crippen molar-refractivity contribution in [2.45, 2.75) is 19.1 Å². The molecule has 5 nitrogen and oxygen atoms in total. The third-order valence-electron chi connectivity index (χ3n) is 3.66. The molecule has 0 amide bonds. The Balaban J connectivity index is 0.00000392. The molecule has 154 valence electrons. The van der Waals surface area contributed by atoms with Crippen LogP contribution in [0.5, 0.6) is 11.5 Å². The van der Waals surface area contributed by atoms with Crippen LogP contribution in [0.1, 0.15) is 11.1 Å². The van der Waals surface area contributed by atoms with Crippen LogP contribution < -0.4 is 20.5 Å². The quantitative estimate of drug-likeness (QED) is 0.322. The maximum absolute atomic E-state index is 12.3. The molecule has 2 aromatic rings. The van der Waals surface area contributed by atoms with Crippen molar-refractivity contribution in [3.63, 3.8) is 0 Å². The first-order chi connectivity index (χ1) is 12.9. The van der Waals surface area contributed by atoms with Gasteiger partial charge < -0.3 is 20.5 Å². The van der Waals surface area contributed by atoms with Crippen molar-refractivity contribution in [2.24, 2.45) is 10.7 Å². The summed E-state index contributed by atoms with van der Waals surface area (Å²) < 4.78 is 46.9. The van der Waals surface area contributed by atoms with Crippen LogP contribution in [-0.4, -0.2) is 32.4 Å². The topological polar surface area (TPSA) is 68.9 Å². The van der Waals surface area contributed by atoms with Crippen molar-refractivity contribution in [3.05, 3.63) is 59.7 Å². The summed E-state index contributed by atoms with van der Waals surface area (Å²) in [6, 6.07) is 14.1. The molecule has 0 heterocycles. The van der Waals surface area contributed by atoms with Gasteiger partial charge in [0.05, 0.1) is 13.7 Å². The minimum atomic E-state index is -4.39. The van der Waals surface area contributed by atoms with Crippen molar-refractivity contribution >= 4 is 29.9 Å². The lowest BCUT2D eigenvalue weighted by atomic mass is 10.1. The fraction of sp³-hybridized carbons (Fsp3) is 0.316. The van der Waals surface area contributed by atoms with E-state index in [4.69, 9.17) is 15.2 Å². The number of ether oxygens (including phenoxy) is 2. The van der Waals surface area contributed by atoms with Gasteiger partial charge in [0.1, 0.15) is 11.5 Å². The van der Waals surface area contributed by atoms with Gasteiger partial charge in [-0.15, -0.1) is 24.0 Å². The number of benzene rings is 2. The lowest BCUT2D eigenvalue weighted by molar-refractivity contribution is -0.153. The van der Waals surface area contributed by atoms with Gasteiger partial charge in [-0.25, -0.2) is 4.99 Å². The summed E-state index contributed by atoms with van der Waals surface area (Å²) in [5, 5.41) is 2.98. The van der Waals surface area contributed by atoms with Crippen LogP contribution in [0.4, 0.5) is 13.2 Å². The highest BCUT2D eigenvalue weighted by molar-refractivity contribution is 14.0. The number of rotatable bonds is 8. The highest BCUT2D eigenvalue weighted by atomic mass is 127. The van der Waals surface area contributed by atoms with Gasteiger partial charge in [0.2, 0.25) is 0 Å². The maximum atomic E-state index is 12.3. The zero-order chi connectivity index (χ0) is 19.7. The van der Waals surface area contributed by atoms with Crippen molar-refractivity contribution in [1.29, 1.82) is 0 Å². The molecule has 0 aliphatic carbocycles. The lowest BCUT2D eigenvalue weighted by Crippen LogP contribution is -2.33. The number of alkyl halides is 3. The molecule has 3 N–H and O–H groups in total. The Morgan fingerprint density at radius 2 is 1.79 bits per heavy atom. The highest BCUT2D eigenvalue weighted by Crippen LogP contribution is 2.22. The van der Waals surface area contributed by atoms with E-state index in [1.807, 2.05) is 24.3 Å². The van der Waals surface area contributed by atoms with E-state index in [0.29, 0.717) is 12.1 Å². The number of nitrogens with one attached hydrogen (secondary N) is 1. The molecule has 9 heteroatoms. The van der Waals surface area contributed by atoms with Gasteiger partial charge >= 0.3 is 6.18 Å². The Kier molecular flexibility index (Phi) is 9.91. The third-order valence-corrected chi connectivity index (χ3v) is 3.66. The van der Waals surface area contributed by atoms with Gasteiger partial charge in [-0.05, 0) is 30.2 Å². The normalized spacial score (nSPS) is 11.5. The van der Waals surface area contributed by atoms with E-state index in [9.17, 15) is 13.2 Å². The zero-order valence-corrected chi connectivity index (χ0v) is 17.7. The number of guanidine groups is 1. The average molecular weight is 509 g/mol. The van der Waals surface area contributed by atoms with Gasteiger partial charge in [0.25, 0.3) is 0 Å². The predicted octanol–water partition coefficient (Wildman–Crippen LogP) is 3.90. The summed E-state index contributed by atoms with van der Waals surface area (Å²) in [5.41, 5.74) is 7.46. The van der Waals surface area contributed by atoms with Crippen LogP contribution in [0.3, 0.4) is 0 Å². The third kappa shape index (κ3) is 8.68.